The van der Waals surface area contributed by atoms with Crippen LogP contribution in [0.3, 0.4) is 0 Å². The van der Waals surface area contributed by atoms with Crippen molar-refractivity contribution in [1.29, 1.82) is 0 Å². The van der Waals surface area contributed by atoms with Crippen LogP contribution in [0.25, 0.3) is 0 Å². The van der Waals surface area contributed by atoms with E-state index in [1.54, 1.807) is 31.5 Å². The summed E-state index contributed by atoms with van der Waals surface area (Å²) >= 11 is 0. The molecule has 104 valence electrons. The van der Waals surface area contributed by atoms with Crippen LogP contribution in [-0.2, 0) is 20.3 Å². The zero-order chi connectivity index (χ0) is 14.6. The molecule has 1 atom stereocenters. The van der Waals surface area contributed by atoms with Gasteiger partial charge in [-0.15, -0.1) is 6.58 Å². The number of hydrogen-bond donors (Lipinski definition) is 0. The monoisotopic (exact) mass is 287 g/mol. The molecule has 1 aromatic carbocycles. The van der Waals surface area contributed by atoms with Crippen LogP contribution in [0.15, 0.2) is 67.5 Å². The molecule has 20 heavy (non-hydrogen) atoms. The molecule has 1 aromatic heterocycles. The highest BCUT2D eigenvalue weighted by atomic mass is 32.2. The molecule has 0 fully saturated rings. The molecular weight excluding hydrogens is 270 g/mol. The molecule has 0 amide bonds. The molecule has 0 unspecified atom stereocenters. The molecule has 1 heterocycles. The van der Waals surface area contributed by atoms with Crippen molar-refractivity contribution in [3.05, 3.63) is 78.6 Å². The predicted octanol–water partition coefficient (Wildman–Crippen LogP) is 3.10. The normalized spacial score (nSPS) is 14.4. The minimum absolute atomic E-state index is 0.0226. The Hall–Kier alpha value is -1.94. The van der Waals surface area contributed by atoms with Gasteiger partial charge in [-0.05, 0) is 24.1 Å². The van der Waals surface area contributed by atoms with E-state index in [2.05, 4.69) is 11.6 Å². The van der Waals surface area contributed by atoms with Gasteiger partial charge in [0.05, 0.1) is 5.75 Å². The van der Waals surface area contributed by atoms with Crippen LogP contribution in [0, 0.1) is 0 Å². The second-order valence-corrected chi connectivity index (χ2v) is 7.16. The van der Waals surface area contributed by atoms with Crippen LogP contribution in [0.2, 0.25) is 0 Å². The molecule has 0 saturated heterocycles. The third-order valence-electron chi connectivity index (χ3n) is 3.47. The molecule has 0 N–H and O–H groups in total. The van der Waals surface area contributed by atoms with Gasteiger partial charge in [0.15, 0.2) is 9.84 Å². The molecule has 2 aromatic rings. The van der Waals surface area contributed by atoms with Crippen molar-refractivity contribution in [2.24, 2.45) is 0 Å². The van der Waals surface area contributed by atoms with E-state index in [-0.39, 0.29) is 5.75 Å². The lowest BCUT2D eigenvalue weighted by Crippen LogP contribution is -2.31. The Morgan fingerprint density at radius 1 is 1.20 bits per heavy atom. The maximum atomic E-state index is 12.8. The van der Waals surface area contributed by atoms with Gasteiger partial charge in [-0.2, -0.15) is 0 Å². The Labute approximate surface area is 119 Å². The molecule has 0 aliphatic rings. The largest absolute Gasteiger partial charge is 0.264 e. The zero-order valence-electron chi connectivity index (χ0n) is 11.4. The van der Waals surface area contributed by atoms with Crippen molar-refractivity contribution in [2.45, 2.75) is 17.4 Å². The molecule has 0 radical (unpaired) electrons. The number of nitrogens with zero attached hydrogens (tertiary/aromatic N) is 1. The fraction of sp³-hybridized carbons (Fsp3) is 0.188. The quantitative estimate of drug-likeness (QED) is 0.794. The van der Waals surface area contributed by atoms with Gasteiger partial charge in [0.1, 0.15) is 4.75 Å². The third kappa shape index (κ3) is 2.65. The summed E-state index contributed by atoms with van der Waals surface area (Å²) in [5, 5.41) is 0. The summed E-state index contributed by atoms with van der Waals surface area (Å²) in [4.78, 5) is 4.01. The lowest BCUT2D eigenvalue weighted by molar-refractivity contribution is 0.567. The fourth-order valence-corrected chi connectivity index (χ4v) is 3.69. The lowest BCUT2D eigenvalue weighted by atomic mass is 10.0. The van der Waals surface area contributed by atoms with Crippen LogP contribution in [0.1, 0.15) is 18.1 Å². The summed E-state index contributed by atoms with van der Waals surface area (Å²) in [6, 6.07) is 12.6. The first-order valence-electron chi connectivity index (χ1n) is 6.30. The summed E-state index contributed by atoms with van der Waals surface area (Å²) < 4.78 is 24.4. The first-order chi connectivity index (χ1) is 9.49. The Morgan fingerprint density at radius 3 is 2.45 bits per heavy atom. The van der Waals surface area contributed by atoms with Crippen molar-refractivity contribution < 1.29 is 8.42 Å². The minimum Gasteiger partial charge on any atom is -0.264 e. The Bertz CT molecular complexity index is 681. The Balaban J connectivity index is 2.43. The zero-order valence-corrected chi connectivity index (χ0v) is 12.2. The molecular formula is C16H17NO2S. The van der Waals surface area contributed by atoms with E-state index in [0.717, 1.165) is 5.56 Å². The van der Waals surface area contributed by atoms with Crippen molar-refractivity contribution in [3.63, 3.8) is 0 Å². The second kappa shape index (κ2) is 5.59. The van der Waals surface area contributed by atoms with Gasteiger partial charge in [-0.25, -0.2) is 8.42 Å². The number of aromatic nitrogens is 1. The van der Waals surface area contributed by atoms with Gasteiger partial charge in [0, 0.05) is 12.4 Å². The highest BCUT2D eigenvalue weighted by Gasteiger charge is 2.38. The van der Waals surface area contributed by atoms with E-state index < -0.39 is 14.6 Å². The first-order valence-corrected chi connectivity index (χ1v) is 7.95. The molecule has 0 aliphatic carbocycles. The van der Waals surface area contributed by atoms with E-state index in [1.165, 1.54) is 6.08 Å². The van der Waals surface area contributed by atoms with E-state index >= 15 is 0 Å². The number of benzene rings is 1. The van der Waals surface area contributed by atoms with Gasteiger partial charge < -0.3 is 0 Å². The number of rotatable bonds is 5. The number of sulfone groups is 1. The highest BCUT2D eigenvalue weighted by Crippen LogP contribution is 2.33. The standard InChI is InChI=1S/C16H17NO2S/c1-3-16(2,15-10-7-11-17-12-15)20(18,19)13-14-8-5-4-6-9-14/h3-12H,1,13H2,2H3/t16-/m0/s1. The highest BCUT2D eigenvalue weighted by molar-refractivity contribution is 7.91. The Kier molecular flexibility index (Phi) is 4.04. The molecule has 0 aliphatic heterocycles. The minimum atomic E-state index is -3.44. The van der Waals surface area contributed by atoms with Crippen molar-refractivity contribution in [3.8, 4) is 0 Å². The van der Waals surface area contributed by atoms with E-state index in [0.29, 0.717) is 5.56 Å². The van der Waals surface area contributed by atoms with Crippen molar-refractivity contribution in [2.75, 3.05) is 0 Å². The van der Waals surface area contributed by atoms with Crippen LogP contribution in [-0.4, -0.2) is 13.4 Å². The SMILES string of the molecule is C=C[C@@](C)(c1cccnc1)S(=O)(=O)Cc1ccccc1. The van der Waals surface area contributed by atoms with Crippen LogP contribution < -0.4 is 0 Å². The molecule has 3 nitrogen and oxygen atoms in total. The van der Waals surface area contributed by atoms with Gasteiger partial charge in [0.25, 0.3) is 0 Å². The van der Waals surface area contributed by atoms with E-state index in [9.17, 15) is 8.42 Å². The summed E-state index contributed by atoms with van der Waals surface area (Å²) in [7, 11) is -3.44. The summed E-state index contributed by atoms with van der Waals surface area (Å²) in [5.41, 5.74) is 1.40. The van der Waals surface area contributed by atoms with Crippen molar-refractivity contribution in [1.82, 2.24) is 4.98 Å². The Morgan fingerprint density at radius 2 is 1.90 bits per heavy atom. The first kappa shape index (κ1) is 14.5. The average molecular weight is 287 g/mol. The molecule has 2 rings (SSSR count). The summed E-state index contributed by atoms with van der Waals surface area (Å²) in [6.45, 7) is 5.37. The predicted molar refractivity (Wildman–Crippen MR) is 80.9 cm³/mol. The number of hydrogen-bond acceptors (Lipinski definition) is 3. The van der Waals surface area contributed by atoms with Crippen LogP contribution in [0.5, 0.6) is 0 Å². The molecule has 0 saturated carbocycles. The average Bonchev–Trinajstić information content (AvgIpc) is 2.47. The summed E-state index contributed by atoms with van der Waals surface area (Å²) in [6.07, 6.45) is 4.67. The van der Waals surface area contributed by atoms with Crippen molar-refractivity contribution >= 4 is 9.84 Å². The number of pyridine rings is 1. The van der Waals surface area contributed by atoms with Gasteiger partial charge >= 0.3 is 0 Å². The fourth-order valence-electron chi connectivity index (χ4n) is 2.02. The van der Waals surface area contributed by atoms with Gasteiger partial charge in [0.2, 0.25) is 0 Å². The second-order valence-electron chi connectivity index (χ2n) is 4.80. The summed E-state index contributed by atoms with van der Waals surface area (Å²) in [5.74, 6) is -0.0226. The van der Waals surface area contributed by atoms with Crippen LogP contribution in [0.4, 0.5) is 0 Å². The third-order valence-corrected chi connectivity index (χ3v) is 5.88. The van der Waals surface area contributed by atoms with Gasteiger partial charge in [-0.1, -0.05) is 42.5 Å². The molecule has 0 spiro atoms. The van der Waals surface area contributed by atoms with Crippen LogP contribution >= 0.6 is 0 Å². The maximum Gasteiger partial charge on any atom is 0.167 e. The van der Waals surface area contributed by atoms with E-state index in [1.807, 2.05) is 30.3 Å². The topological polar surface area (TPSA) is 47.0 Å². The maximum absolute atomic E-state index is 12.8. The smallest absolute Gasteiger partial charge is 0.167 e. The van der Waals surface area contributed by atoms with E-state index in [4.69, 9.17) is 0 Å². The van der Waals surface area contributed by atoms with Gasteiger partial charge in [-0.3, -0.25) is 4.98 Å². The lowest BCUT2D eigenvalue weighted by Gasteiger charge is -2.26. The molecule has 0 bridgehead atoms. The molecule has 4 heteroatoms.